The van der Waals surface area contributed by atoms with E-state index in [-0.39, 0.29) is 12.5 Å². The maximum Gasteiger partial charge on any atom is 0.323 e. The third kappa shape index (κ3) is 5.09. The molecule has 0 spiro atoms. The lowest BCUT2D eigenvalue weighted by Gasteiger charge is -2.33. The molecule has 1 fully saturated rings. The lowest BCUT2D eigenvalue weighted by molar-refractivity contribution is -0.153. The van der Waals surface area contributed by atoms with Gasteiger partial charge >= 0.3 is 5.97 Å². The first-order valence-corrected chi connectivity index (χ1v) is 11.0. The highest BCUT2D eigenvalue weighted by molar-refractivity contribution is 7.15. The van der Waals surface area contributed by atoms with Crippen molar-refractivity contribution in [1.29, 1.82) is 0 Å². The van der Waals surface area contributed by atoms with Gasteiger partial charge in [-0.15, -0.1) is 11.3 Å². The van der Waals surface area contributed by atoms with E-state index in [9.17, 15) is 9.59 Å². The number of carbonyl (C=O) groups is 2. The van der Waals surface area contributed by atoms with Gasteiger partial charge in [-0.3, -0.25) is 9.59 Å². The molecule has 1 aliphatic carbocycles. The molecule has 2 aliphatic rings. The number of amides is 1. The Balaban J connectivity index is 1.62. The van der Waals surface area contributed by atoms with Crippen molar-refractivity contribution in [3.05, 3.63) is 75.9 Å². The Bertz CT molecular complexity index is 956. The normalized spacial score (nSPS) is 18.5. The van der Waals surface area contributed by atoms with Crippen molar-refractivity contribution < 1.29 is 14.3 Å². The van der Waals surface area contributed by atoms with Crippen LogP contribution in [0.4, 0.5) is 0 Å². The monoisotopic (exact) mass is 443 g/mol. The average molecular weight is 444 g/mol. The van der Waals surface area contributed by atoms with Gasteiger partial charge in [-0.1, -0.05) is 48.0 Å². The summed E-state index contributed by atoms with van der Waals surface area (Å²) in [5.74, 6) is -1.46. The van der Waals surface area contributed by atoms with E-state index in [1.54, 1.807) is 29.4 Å². The number of hydrogen-bond donors (Lipinski definition) is 1. The number of aromatic nitrogens is 1. The topological polar surface area (TPSA) is 71.5 Å². The molecule has 2 aromatic rings. The van der Waals surface area contributed by atoms with Crippen LogP contribution in [0.1, 0.15) is 29.2 Å². The van der Waals surface area contributed by atoms with Crippen molar-refractivity contribution >= 4 is 34.8 Å². The number of esters is 1. The van der Waals surface area contributed by atoms with Crippen LogP contribution in [0.25, 0.3) is 0 Å². The average Bonchev–Trinajstić information content (AvgIpc) is 3.52. The minimum atomic E-state index is -1.03. The summed E-state index contributed by atoms with van der Waals surface area (Å²) in [7, 11) is 0. The standard InChI is InChI=1S/C22H22ClN3O3S/c23-22-25-12-17(30-22)13-26(18-8-4-5-11-24-18)20(27)19(16-6-2-1-3-7-16)21(28)29-14-15-9-10-15/h1-8,11-12,15,18-19,24H,9-10,13-14H2. The van der Waals surface area contributed by atoms with Crippen LogP contribution in [0.5, 0.6) is 0 Å². The van der Waals surface area contributed by atoms with Gasteiger partial charge in [-0.05, 0) is 42.7 Å². The second kappa shape index (κ2) is 9.45. The van der Waals surface area contributed by atoms with Crippen LogP contribution < -0.4 is 5.32 Å². The number of halogens is 1. The number of nitrogens with zero attached hydrogens (tertiary/aromatic N) is 2. The van der Waals surface area contributed by atoms with Gasteiger partial charge in [0.25, 0.3) is 0 Å². The lowest BCUT2D eigenvalue weighted by Crippen LogP contribution is -2.49. The van der Waals surface area contributed by atoms with Crippen molar-refractivity contribution in [3.63, 3.8) is 0 Å². The van der Waals surface area contributed by atoms with Crippen LogP contribution in [-0.2, 0) is 20.9 Å². The highest BCUT2D eigenvalue weighted by Gasteiger charge is 2.37. The van der Waals surface area contributed by atoms with Crippen LogP contribution in [0.2, 0.25) is 4.47 Å². The van der Waals surface area contributed by atoms with Crippen LogP contribution in [0.15, 0.2) is 61.0 Å². The maximum atomic E-state index is 13.7. The first kappa shape index (κ1) is 20.6. The number of benzene rings is 1. The molecule has 8 heteroatoms. The molecule has 2 heterocycles. The van der Waals surface area contributed by atoms with E-state index in [1.165, 1.54) is 11.3 Å². The second-order valence-corrected chi connectivity index (χ2v) is 9.02. The van der Waals surface area contributed by atoms with Crippen molar-refractivity contribution in [3.8, 4) is 0 Å². The largest absolute Gasteiger partial charge is 0.465 e. The smallest absolute Gasteiger partial charge is 0.323 e. The minimum Gasteiger partial charge on any atom is -0.465 e. The van der Waals surface area contributed by atoms with Gasteiger partial charge in [0, 0.05) is 11.1 Å². The number of dihydropyridines is 1. The molecule has 1 N–H and O–H groups in total. The molecule has 1 aliphatic heterocycles. The van der Waals surface area contributed by atoms with E-state index >= 15 is 0 Å². The fraction of sp³-hybridized carbons (Fsp3) is 0.318. The van der Waals surface area contributed by atoms with Crippen LogP contribution in [0.3, 0.4) is 0 Å². The molecule has 2 atom stereocenters. The van der Waals surface area contributed by atoms with E-state index in [1.807, 2.05) is 36.4 Å². The van der Waals surface area contributed by atoms with Crippen molar-refractivity contribution in [1.82, 2.24) is 15.2 Å². The number of rotatable bonds is 8. The van der Waals surface area contributed by atoms with E-state index in [4.69, 9.17) is 16.3 Å². The first-order valence-electron chi connectivity index (χ1n) is 9.83. The van der Waals surface area contributed by atoms with E-state index in [0.717, 1.165) is 17.7 Å². The van der Waals surface area contributed by atoms with E-state index < -0.39 is 18.1 Å². The zero-order chi connectivity index (χ0) is 20.9. The molecule has 4 rings (SSSR count). The van der Waals surface area contributed by atoms with Crippen LogP contribution >= 0.6 is 22.9 Å². The molecule has 2 unspecified atom stereocenters. The Kier molecular flexibility index (Phi) is 6.50. The Labute approximate surface area is 184 Å². The summed E-state index contributed by atoms with van der Waals surface area (Å²) >= 11 is 7.29. The molecule has 156 valence electrons. The number of ether oxygens (including phenoxy) is 1. The Morgan fingerprint density at radius 1 is 1.27 bits per heavy atom. The third-order valence-corrected chi connectivity index (χ3v) is 6.11. The van der Waals surface area contributed by atoms with Gasteiger partial charge in [-0.25, -0.2) is 4.98 Å². The molecule has 0 radical (unpaired) electrons. The van der Waals surface area contributed by atoms with Crippen LogP contribution in [-0.4, -0.2) is 34.5 Å². The molecule has 1 aromatic heterocycles. The summed E-state index contributed by atoms with van der Waals surface area (Å²) in [5, 5.41) is 3.17. The summed E-state index contributed by atoms with van der Waals surface area (Å²) < 4.78 is 5.94. The van der Waals surface area contributed by atoms with Gasteiger partial charge in [0.15, 0.2) is 10.4 Å². The Morgan fingerprint density at radius 2 is 2.07 bits per heavy atom. The molecule has 1 aromatic carbocycles. The maximum absolute atomic E-state index is 13.7. The zero-order valence-electron chi connectivity index (χ0n) is 16.2. The Hall–Kier alpha value is -2.64. The molecule has 0 bridgehead atoms. The SMILES string of the molecule is O=C(OCC1CC1)C(C(=O)N(Cc1cnc(Cl)s1)C1C=CC=CN1)c1ccccc1. The van der Waals surface area contributed by atoms with Crippen molar-refractivity contribution in [2.75, 3.05) is 6.61 Å². The summed E-state index contributed by atoms with van der Waals surface area (Å²) in [6.45, 7) is 0.641. The predicted molar refractivity (Wildman–Crippen MR) is 116 cm³/mol. The highest BCUT2D eigenvalue weighted by Crippen LogP contribution is 2.31. The molecular formula is C22H22ClN3O3S. The number of nitrogens with one attached hydrogen (secondary N) is 1. The fourth-order valence-electron chi connectivity index (χ4n) is 3.23. The number of carbonyl (C=O) groups excluding carboxylic acids is 2. The van der Waals surface area contributed by atoms with Gasteiger partial charge < -0.3 is 15.0 Å². The number of allylic oxidation sites excluding steroid dienone is 2. The van der Waals surface area contributed by atoms with Gasteiger partial charge in [0.1, 0.15) is 6.17 Å². The summed E-state index contributed by atoms with van der Waals surface area (Å²) in [4.78, 5) is 33.3. The zero-order valence-corrected chi connectivity index (χ0v) is 17.8. The minimum absolute atomic E-state index is 0.276. The third-order valence-electron chi connectivity index (χ3n) is 5.01. The van der Waals surface area contributed by atoms with Crippen molar-refractivity contribution in [2.45, 2.75) is 31.5 Å². The molecule has 30 heavy (non-hydrogen) atoms. The second-order valence-electron chi connectivity index (χ2n) is 7.32. The van der Waals surface area contributed by atoms with E-state index in [2.05, 4.69) is 10.3 Å². The lowest BCUT2D eigenvalue weighted by atomic mass is 9.97. The van der Waals surface area contributed by atoms with Gasteiger partial charge in [0.2, 0.25) is 5.91 Å². The van der Waals surface area contributed by atoms with Gasteiger partial charge in [0.05, 0.1) is 13.2 Å². The summed E-state index contributed by atoms with van der Waals surface area (Å²) in [6, 6.07) is 9.06. The molecular weight excluding hydrogens is 422 g/mol. The quantitative estimate of drug-likeness (QED) is 0.495. The Morgan fingerprint density at radius 3 is 2.70 bits per heavy atom. The number of hydrogen-bond acceptors (Lipinski definition) is 6. The van der Waals surface area contributed by atoms with Gasteiger partial charge in [-0.2, -0.15) is 0 Å². The summed E-state index contributed by atoms with van der Waals surface area (Å²) in [6.07, 6.45) is 10.7. The van der Waals surface area contributed by atoms with E-state index in [0.29, 0.717) is 22.6 Å². The molecule has 1 saturated carbocycles. The highest BCUT2D eigenvalue weighted by atomic mass is 35.5. The van der Waals surface area contributed by atoms with Crippen LogP contribution in [0, 0.1) is 5.92 Å². The predicted octanol–water partition coefficient (Wildman–Crippen LogP) is 3.86. The number of thiazole rings is 1. The fourth-order valence-corrected chi connectivity index (χ4v) is 4.20. The molecule has 1 amide bonds. The molecule has 0 saturated heterocycles. The first-order chi connectivity index (χ1) is 14.6. The van der Waals surface area contributed by atoms with Crippen molar-refractivity contribution in [2.24, 2.45) is 5.92 Å². The summed E-state index contributed by atoms with van der Waals surface area (Å²) in [5.41, 5.74) is 0.617. The molecule has 6 nitrogen and oxygen atoms in total.